The first-order chi connectivity index (χ1) is 8.60. The maximum absolute atomic E-state index is 13.6. The summed E-state index contributed by atoms with van der Waals surface area (Å²) in [5, 5.41) is 3.26. The van der Waals surface area contributed by atoms with Crippen molar-refractivity contribution in [3.8, 4) is 5.75 Å². The van der Waals surface area contributed by atoms with E-state index in [-0.39, 0.29) is 10.8 Å². The first-order valence-corrected chi connectivity index (χ1v) is 6.54. The molecule has 0 radical (unpaired) electrons. The van der Waals surface area contributed by atoms with E-state index in [4.69, 9.17) is 27.9 Å². The summed E-state index contributed by atoms with van der Waals surface area (Å²) in [7, 11) is 1.37. The second kappa shape index (κ2) is 5.73. The van der Waals surface area contributed by atoms with E-state index in [9.17, 15) is 4.39 Å². The van der Waals surface area contributed by atoms with Crippen molar-refractivity contribution in [1.82, 2.24) is 4.98 Å². The van der Waals surface area contributed by atoms with Crippen molar-refractivity contribution in [3.63, 3.8) is 0 Å². The molecule has 0 aliphatic carbocycles. The van der Waals surface area contributed by atoms with Crippen molar-refractivity contribution in [2.45, 2.75) is 6.54 Å². The van der Waals surface area contributed by atoms with Gasteiger partial charge in [-0.25, -0.2) is 9.37 Å². The third-order valence-electron chi connectivity index (χ3n) is 2.19. The first-order valence-electron chi connectivity index (χ1n) is 4.97. The molecular weight excluding hydrogens is 298 g/mol. The molecule has 18 heavy (non-hydrogen) atoms. The molecule has 3 nitrogen and oxygen atoms in total. The van der Waals surface area contributed by atoms with Crippen LogP contribution in [0.25, 0.3) is 0 Å². The molecule has 0 saturated carbocycles. The summed E-state index contributed by atoms with van der Waals surface area (Å²) in [4.78, 5) is 4.87. The molecule has 7 heteroatoms. The quantitative estimate of drug-likeness (QED) is 0.919. The van der Waals surface area contributed by atoms with Gasteiger partial charge in [-0.2, -0.15) is 0 Å². The number of hydrogen-bond donors (Lipinski definition) is 1. The highest BCUT2D eigenvalue weighted by atomic mass is 35.5. The van der Waals surface area contributed by atoms with Crippen molar-refractivity contribution in [2.24, 2.45) is 0 Å². The Morgan fingerprint density at radius 1 is 1.44 bits per heavy atom. The van der Waals surface area contributed by atoms with Gasteiger partial charge in [0, 0.05) is 22.8 Å². The monoisotopic (exact) mass is 306 g/mol. The van der Waals surface area contributed by atoms with E-state index in [0.29, 0.717) is 16.7 Å². The maximum Gasteiger partial charge on any atom is 0.183 e. The molecule has 0 aliphatic heterocycles. The second-order valence-electron chi connectivity index (χ2n) is 3.41. The summed E-state index contributed by atoms with van der Waals surface area (Å²) in [5.74, 6) is -0.460. The maximum atomic E-state index is 13.6. The van der Waals surface area contributed by atoms with Crippen LogP contribution in [0.15, 0.2) is 18.3 Å². The Balaban J connectivity index is 2.10. The molecule has 0 fully saturated rings. The molecule has 1 N–H and O–H groups in total. The molecule has 96 valence electrons. The lowest BCUT2D eigenvalue weighted by Gasteiger charge is -2.09. The second-order valence-corrected chi connectivity index (χ2v) is 5.51. The van der Waals surface area contributed by atoms with E-state index in [1.807, 2.05) is 0 Å². The van der Waals surface area contributed by atoms with Gasteiger partial charge in [-0.15, -0.1) is 11.3 Å². The van der Waals surface area contributed by atoms with Gasteiger partial charge in [0.05, 0.1) is 18.7 Å². The first kappa shape index (κ1) is 13.4. The third kappa shape index (κ3) is 3.04. The molecule has 2 aromatic rings. The van der Waals surface area contributed by atoms with Gasteiger partial charge >= 0.3 is 0 Å². The fourth-order valence-corrected chi connectivity index (χ4v) is 2.61. The van der Waals surface area contributed by atoms with Crippen LogP contribution in [0.2, 0.25) is 9.49 Å². The van der Waals surface area contributed by atoms with E-state index in [1.165, 1.54) is 24.5 Å². The van der Waals surface area contributed by atoms with Crippen molar-refractivity contribution in [2.75, 3.05) is 12.4 Å². The summed E-state index contributed by atoms with van der Waals surface area (Å²) in [6.07, 6.45) is 1.67. The highest BCUT2D eigenvalue weighted by Crippen LogP contribution is 2.31. The smallest absolute Gasteiger partial charge is 0.183 e. The predicted molar refractivity (Wildman–Crippen MR) is 72.4 cm³/mol. The summed E-state index contributed by atoms with van der Waals surface area (Å²) < 4.78 is 18.9. The Kier molecular flexibility index (Phi) is 4.27. The SMILES string of the molecule is COc1c(F)cc(NCc2cnc(Cl)s2)cc1Cl. The van der Waals surface area contributed by atoms with Crippen LogP contribution in [0.1, 0.15) is 4.88 Å². The van der Waals surface area contributed by atoms with E-state index >= 15 is 0 Å². The lowest BCUT2D eigenvalue weighted by molar-refractivity contribution is 0.387. The number of rotatable bonds is 4. The Hall–Kier alpha value is -1.04. The molecule has 0 spiro atoms. The molecule has 2 rings (SSSR count). The van der Waals surface area contributed by atoms with Crippen molar-refractivity contribution >= 4 is 40.2 Å². The molecule has 0 unspecified atom stereocenters. The van der Waals surface area contributed by atoms with E-state index < -0.39 is 5.82 Å². The van der Waals surface area contributed by atoms with Crippen molar-refractivity contribution in [1.29, 1.82) is 0 Å². The van der Waals surface area contributed by atoms with Gasteiger partial charge in [0.15, 0.2) is 16.0 Å². The summed E-state index contributed by atoms with van der Waals surface area (Å²) in [6.45, 7) is 0.506. The van der Waals surface area contributed by atoms with Gasteiger partial charge in [-0.3, -0.25) is 0 Å². The fraction of sp³-hybridized carbons (Fsp3) is 0.182. The Labute approximate surface area is 118 Å². The summed E-state index contributed by atoms with van der Waals surface area (Å²) in [6, 6.07) is 2.93. The fourth-order valence-electron chi connectivity index (χ4n) is 1.41. The number of benzene rings is 1. The number of ether oxygens (including phenoxy) is 1. The van der Waals surface area contributed by atoms with Crippen molar-refractivity contribution < 1.29 is 9.13 Å². The number of aromatic nitrogens is 1. The van der Waals surface area contributed by atoms with Gasteiger partial charge in [0.1, 0.15) is 0 Å². The number of nitrogens with one attached hydrogen (secondary N) is 1. The zero-order valence-electron chi connectivity index (χ0n) is 9.34. The standard InChI is InChI=1S/C11H9Cl2FN2OS/c1-17-10-8(12)2-6(3-9(10)14)15-4-7-5-16-11(13)18-7/h2-3,5,15H,4H2,1H3. The van der Waals surface area contributed by atoms with Crippen LogP contribution >= 0.6 is 34.5 Å². The lowest BCUT2D eigenvalue weighted by atomic mass is 10.3. The molecular formula is C11H9Cl2FN2OS. The molecule has 1 heterocycles. The Bertz CT molecular complexity index is 539. The summed E-state index contributed by atoms with van der Waals surface area (Å²) in [5.41, 5.74) is 0.572. The van der Waals surface area contributed by atoms with Crippen molar-refractivity contribution in [3.05, 3.63) is 38.5 Å². The number of thiazole rings is 1. The zero-order valence-corrected chi connectivity index (χ0v) is 11.7. The average molecular weight is 307 g/mol. The van der Waals surface area contributed by atoms with Gasteiger partial charge in [-0.05, 0) is 6.07 Å². The number of hydrogen-bond acceptors (Lipinski definition) is 4. The van der Waals surface area contributed by atoms with Crippen LogP contribution in [0.4, 0.5) is 10.1 Å². The van der Waals surface area contributed by atoms with Crippen LogP contribution in [0.3, 0.4) is 0 Å². The summed E-state index contributed by atoms with van der Waals surface area (Å²) >= 11 is 13.0. The van der Waals surface area contributed by atoms with Gasteiger partial charge < -0.3 is 10.1 Å². The molecule has 0 amide bonds. The molecule has 1 aromatic carbocycles. The predicted octanol–water partition coefficient (Wildman–Crippen LogP) is 4.21. The normalized spacial score (nSPS) is 10.4. The minimum absolute atomic E-state index is 0.0445. The van der Waals surface area contributed by atoms with Crippen LogP contribution in [0.5, 0.6) is 5.75 Å². The number of anilines is 1. The zero-order chi connectivity index (χ0) is 13.1. The number of halogens is 3. The lowest BCUT2D eigenvalue weighted by Crippen LogP contribution is -1.99. The van der Waals surface area contributed by atoms with E-state index in [1.54, 1.807) is 12.3 Å². The third-order valence-corrected chi connectivity index (χ3v) is 3.59. The Morgan fingerprint density at radius 3 is 2.78 bits per heavy atom. The van der Waals surface area contributed by atoms with Crippen LogP contribution < -0.4 is 10.1 Å². The van der Waals surface area contributed by atoms with Crippen LogP contribution in [-0.4, -0.2) is 12.1 Å². The number of nitrogens with zero attached hydrogens (tertiary/aromatic N) is 1. The van der Waals surface area contributed by atoms with Crippen LogP contribution in [0, 0.1) is 5.82 Å². The topological polar surface area (TPSA) is 34.1 Å². The average Bonchev–Trinajstić information content (AvgIpc) is 2.72. The van der Waals surface area contributed by atoms with E-state index in [0.717, 1.165) is 4.88 Å². The molecule has 0 saturated heterocycles. The van der Waals surface area contributed by atoms with Gasteiger partial charge in [-0.1, -0.05) is 23.2 Å². The van der Waals surface area contributed by atoms with Crippen LogP contribution in [-0.2, 0) is 6.54 Å². The molecule has 1 aromatic heterocycles. The highest BCUT2D eigenvalue weighted by molar-refractivity contribution is 7.15. The van der Waals surface area contributed by atoms with Gasteiger partial charge in [0.2, 0.25) is 0 Å². The molecule has 0 bridgehead atoms. The largest absolute Gasteiger partial charge is 0.492 e. The molecule has 0 aliphatic rings. The van der Waals surface area contributed by atoms with Gasteiger partial charge in [0.25, 0.3) is 0 Å². The molecule has 0 atom stereocenters. The minimum Gasteiger partial charge on any atom is -0.492 e. The number of methoxy groups -OCH3 is 1. The van der Waals surface area contributed by atoms with E-state index in [2.05, 4.69) is 10.3 Å². The minimum atomic E-state index is -0.505. The Morgan fingerprint density at radius 2 is 2.22 bits per heavy atom. The highest BCUT2D eigenvalue weighted by Gasteiger charge is 2.10.